The maximum atomic E-state index is 13.2. The lowest BCUT2D eigenvalue weighted by Gasteiger charge is -2.21. The van der Waals surface area contributed by atoms with Gasteiger partial charge < -0.3 is 15.2 Å². The fourth-order valence-electron chi connectivity index (χ4n) is 2.97. The Morgan fingerprint density at radius 1 is 1.35 bits per heavy atom. The zero-order chi connectivity index (χ0) is 16.1. The van der Waals surface area contributed by atoms with Gasteiger partial charge in [-0.15, -0.1) is 0 Å². The van der Waals surface area contributed by atoms with Crippen molar-refractivity contribution in [3.63, 3.8) is 0 Å². The van der Waals surface area contributed by atoms with Gasteiger partial charge in [0.25, 0.3) is 0 Å². The van der Waals surface area contributed by atoms with Gasteiger partial charge in [0.1, 0.15) is 23.8 Å². The molecule has 0 radical (unpaired) electrons. The van der Waals surface area contributed by atoms with Gasteiger partial charge in [-0.2, -0.15) is 5.10 Å². The van der Waals surface area contributed by atoms with Crippen LogP contribution in [0.25, 0.3) is 0 Å². The minimum Gasteiger partial charge on any atom is -0.488 e. The van der Waals surface area contributed by atoms with Crippen LogP contribution in [0, 0.1) is 5.82 Å². The average molecular weight is 319 g/mol. The molecule has 0 saturated heterocycles. The highest BCUT2D eigenvalue weighted by molar-refractivity contribution is 5.23. The topological polar surface area (TPSA) is 59.3 Å². The van der Waals surface area contributed by atoms with Crippen molar-refractivity contribution in [3.8, 4) is 5.75 Å². The summed E-state index contributed by atoms with van der Waals surface area (Å²) in [5, 5.41) is 17.9. The van der Waals surface area contributed by atoms with Crippen LogP contribution in [-0.4, -0.2) is 39.7 Å². The summed E-state index contributed by atoms with van der Waals surface area (Å²) in [5.74, 6) is 0.136. The van der Waals surface area contributed by atoms with E-state index in [-0.39, 0.29) is 18.0 Å². The summed E-state index contributed by atoms with van der Waals surface area (Å²) >= 11 is 0. The molecule has 0 unspecified atom stereocenters. The van der Waals surface area contributed by atoms with E-state index in [0.29, 0.717) is 5.75 Å². The molecule has 1 aromatic heterocycles. The molecule has 23 heavy (non-hydrogen) atoms. The molecular weight excluding hydrogens is 297 g/mol. The molecule has 124 valence electrons. The fraction of sp³-hybridized carbons (Fsp3) is 0.471. The first-order valence-electron chi connectivity index (χ1n) is 8.03. The second kappa shape index (κ2) is 7.57. The van der Waals surface area contributed by atoms with Crippen LogP contribution < -0.4 is 10.1 Å². The molecule has 1 saturated carbocycles. The van der Waals surface area contributed by atoms with Crippen molar-refractivity contribution >= 4 is 0 Å². The van der Waals surface area contributed by atoms with Gasteiger partial charge in [0.15, 0.2) is 0 Å². The number of hydrogen-bond acceptors (Lipinski definition) is 4. The maximum absolute atomic E-state index is 13.2. The lowest BCUT2D eigenvalue weighted by Crippen LogP contribution is -2.42. The standard InChI is InChI=1S/C17H22FN3O2/c18-13-4-1-5-14(12-13)23-16-7-6-15(17(16)22)19-8-2-10-21-11-3-9-20-21/h1,3-5,9,11-12,15-17,19,22H,2,6-8,10H2/t15-,16-,17+/m1/s1. The summed E-state index contributed by atoms with van der Waals surface area (Å²) in [5.41, 5.74) is 0. The number of ether oxygens (including phenoxy) is 1. The van der Waals surface area contributed by atoms with E-state index in [4.69, 9.17) is 4.74 Å². The van der Waals surface area contributed by atoms with E-state index < -0.39 is 6.10 Å². The molecule has 0 spiro atoms. The zero-order valence-electron chi connectivity index (χ0n) is 12.9. The van der Waals surface area contributed by atoms with Crippen molar-refractivity contribution in [3.05, 3.63) is 48.5 Å². The molecule has 5 nitrogen and oxygen atoms in total. The minimum absolute atomic E-state index is 0.0196. The molecule has 1 aromatic carbocycles. The molecule has 2 aromatic rings. The first-order valence-corrected chi connectivity index (χ1v) is 8.03. The highest BCUT2D eigenvalue weighted by Crippen LogP contribution is 2.25. The third kappa shape index (κ3) is 4.30. The molecule has 1 heterocycles. The Bertz CT molecular complexity index is 606. The van der Waals surface area contributed by atoms with Crippen molar-refractivity contribution in [2.45, 2.75) is 44.1 Å². The van der Waals surface area contributed by atoms with Crippen LogP contribution in [0.5, 0.6) is 5.75 Å². The highest BCUT2D eigenvalue weighted by Gasteiger charge is 2.35. The van der Waals surface area contributed by atoms with Crippen LogP contribution in [-0.2, 0) is 6.54 Å². The van der Waals surface area contributed by atoms with Crippen LogP contribution >= 0.6 is 0 Å². The molecule has 6 heteroatoms. The third-order valence-electron chi connectivity index (χ3n) is 4.17. The van der Waals surface area contributed by atoms with Gasteiger partial charge >= 0.3 is 0 Å². The molecule has 1 aliphatic carbocycles. The average Bonchev–Trinajstić information content (AvgIpc) is 3.16. The van der Waals surface area contributed by atoms with E-state index >= 15 is 0 Å². The SMILES string of the molecule is O[C@H]1[C@H](NCCCn2cccn2)CC[C@H]1Oc1cccc(F)c1. The van der Waals surface area contributed by atoms with Crippen LogP contribution in [0.3, 0.4) is 0 Å². The molecule has 0 aliphatic heterocycles. The summed E-state index contributed by atoms with van der Waals surface area (Å²) in [4.78, 5) is 0. The fourth-order valence-corrected chi connectivity index (χ4v) is 2.97. The molecule has 3 atom stereocenters. The number of halogens is 1. The van der Waals surface area contributed by atoms with E-state index in [1.165, 1.54) is 12.1 Å². The normalized spacial score (nSPS) is 24.0. The molecule has 1 aliphatic rings. The second-order valence-electron chi connectivity index (χ2n) is 5.86. The Balaban J connectivity index is 1.42. The summed E-state index contributed by atoms with van der Waals surface area (Å²) < 4.78 is 20.8. The van der Waals surface area contributed by atoms with Crippen molar-refractivity contribution in [1.29, 1.82) is 0 Å². The van der Waals surface area contributed by atoms with Gasteiger partial charge in [0.2, 0.25) is 0 Å². The molecule has 1 fully saturated rings. The maximum Gasteiger partial charge on any atom is 0.126 e. The summed E-state index contributed by atoms with van der Waals surface area (Å²) in [6.45, 7) is 1.67. The summed E-state index contributed by atoms with van der Waals surface area (Å²) in [6, 6.07) is 7.96. The second-order valence-corrected chi connectivity index (χ2v) is 5.86. The van der Waals surface area contributed by atoms with Gasteiger partial charge in [-0.05, 0) is 44.0 Å². The third-order valence-corrected chi connectivity index (χ3v) is 4.17. The Morgan fingerprint density at radius 2 is 2.26 bits per heavy atom. The molecule has 2 N–H and O–H groups in total. The first kappa shape index (κ1) is 16.0. The Hall–Kier alpha value is -1.92. The van der Waals surface area contributed by atoms with Crippen LogP contribution in [0.4, 0.5) is 4.39 Å². The van der Waals surface area contributed by atoms with Gasteiger partial charge in [-0.3, -0.25) is 4.68 Å². The number of nitrogens with one attached hydrogen (secondary N) is 1. The minimum atomic E-state index is -0.581. The molecular formula is C17H22FN3O2. The molecule has 0 bridgehead atoms. The number of hydrogen-bond donors (Lipinski definition) is 2. The smallest absolute Gasteiger partial charge is 0.126 e. The van der Waals surface area contributed by atoms with Crippen molar-refractivity contribution in [2.24, 2.45) is 0 Å². The van der Waals surface area contributed by atoms with Crippen LogP contribution in [0.15, 0.2) is 42.7 Å². The number of aromatic nitrogens is 2. The van der Waals surface area contributed by atoms with E-state index in [1.807, 2.05) is 16.9 Å². The predicted molar refractivity (Wildman–Crippen MR) is 84.7 cm³/mol. The first-order chi connectivity index (χ1) is 11.2. The van der Waals surface area contributed by atoms with Gasteiger partial charge in [0.05, 0.1) is 0 Å². The number of nitrogens with zero attached hydrogens (tertiary/aromatic N) is 2. The molecule has 0 amide bonds. The van der Waals surface area contributed by atoms with Crippen LogP contribution in [0.1, 0.15) is 19.3 Å². The number of aryl methyl sites for hydroxylation is 1. The van der Waals surface area contributed by atoms with Crippen molar-refractivity contribution in [2.75, 3.05) is 6.54 Å². The molecule has 3 rings (SSSR count). The van der Waals surface area contributed by atoms with Gasteiger partial charge in [0, 0.05) is 31.0 Å². The van der Waals surface area contributed by atoms with E-state index in [9.17, 15) is 9.50 Å². The number of aliphatic hydroxyl groups excluding tert-OH is 1. The van der Waals surface area contributed by atoms with E-state index in [0.717, 1.165) is 32.4 Å². The highest BCUT2D eigenvalue weighted by atomic mass is 19.1. The van der Waals surface area contributed by atoms with Crippen LogP contribution in [0.2, 0.25) is 0 Å². The monoisotopic (exact) mass is 319 g/mol. The Kier molecular flexibility index (Phi) is 5.25. The summed E-state index contributed by atoms with van der Waals surface area (Å²) in [6.07, 6.45) is 5.39. The largest absolute Gasteiger partial charge is 0.488 e. The zero-order valence-corrected chi connectivity index (χ0v) is 12.9. The van der Waals surface area contributed by atoms with Gasteiger partial charge in [-0.25, -0.2) is 4.39 Å². The Morgan fingerprint density at radius 3 is 3.04 bits per heavy atom. The summed E-state index contributed by atoms with van der Waals surface area (Å²) in [7, 11) is 0. The Labute approximate surface area is 135 Å². The number of rotatable bonds is 7. The number of benzene rings is 1. The van der Waals surface area contributed by atoms with Gasteiger partial charge in [-0.1, -0.05) is 6.07 Å². The lowest BCUT2D eigenvalue weighted by molar-refractivity contribution is 0.0451. The van der Waals surface area contributed by atoms with E-state index in [1.54, 1.807) is 18.3 Å². The van der Waals surface area contributed by atoms with E-state index in [2.05, 4.69) is 10.4 Å². The lowest BCUT2D eigenvalue weighted by atomic mass is 10.2. The van der Waals surface area contributed by atoms with Crippen molar-refractivity contribution in [1.82, 2.24) is 15.1 Å². The number of aliphatic hydroxyl groups is 1. The van der Waals surface area contributed by atoms with Crippen molar-refractivity contribution < 1.29 is 14.2 Å². The quantitative estimate of drug-likeness (QED) is 0.766. The predicted octanol–water partition coefficient (Wildman–Crippen LogP) is 1.97.